The quantitative estimate of drug-likeness (QED) is 0.730. The molecule has 0 N–H and O–H groups in total. The highest BCUT2D eigenvalue weighted by molar-refractivity contribution is 9.08. The van der Waals surface area contributed by atoms with E-state index < -0.39 is 0 Å². The summed E-state index contributed by atoms with van der Waals surface area (Å²) in [6.07, 6.45) is 7.46. The van der Waals surface area contributed by atoms with Gasteiger partial charge in [0.15, 0.2) is 0 Å². The lowest BCUT2D eigenvalue weighted by molar-refractivity contribution is 0.397. The molecule has 21 heavy (non-hydrogen) atoms. The van der Waals surface area contributed by atoms with Crippen LogP contribution in [0.4, 0.5) is 0 Å². The number of rotatable bonds is 3. The molecular weight excluding hydrogens is 334 g/mol. The minimum Gasteiger partial charge on any atom is -0.480 e. The summed E-state index contributed by atoms with van der Waals surface area (Å²) in [4.78, 5) is 13.2. The SMILES string of the molecule is COc1ncnc(C2CC2)c1-c1cc2cnn(Br)c2cn1. The molecule has 1 aliphatic carbocycles. The van der Waals surface area contributed by atoms with Gasteiger partial charge in [-0.3, -0.25) is 4.98 Å². The summed E-state index contributed by atoms with van der Waals surface area (Å²) in [5.74, 6) is 1.07. The van der Waals surface area contributed by atoms with Gasteiger partial charge in [-0.15, -0.1) is 0 Å². The first kappa shape index (κ1) is 12.7. The van der Waals surface area contributed by atoms with Crippen molar-refractivity contribution in [2.24, 2.45) is 0 Å². The molecule has 3 heterocycles. The van der Waals surface area contributed by atoms with Gasteiger partial charge in [0.25, 0.3) is 0 Å². The molecule has 7 heteroatoms. The largest absolute Gasteiger partial charge is 0.480 e. The van der Waals surface area contributed by atoms with E-state index in [1.165, 1.54) is 0 Å². The van der Waals surface area contributed by atoms with Crippen LogP contribution < -0.4 is 4.74 Å². The highest BCUT2D eigenvalue weighted by Crippen LogP contribution is 2.45. The first-order valence-corrected chi connectivity index (χ1v) is 7.38. The first-order chi connectivity index (χ1) is 10.3. The van der Waals surface area contributed by atoms with Crippen molar-refractivity contribution in [3.05, 3.63) is 30.5 Å². The molecule has 106 valence electrons. The minimum atomic E-state index is 0.494. The van der Waals surface area contributed by atoms with E-state index in [1.54, 1.807) is 29.5 Å². The third-order valence-corrected chi connectivity index (χ3v) is 4.23. The number of methoxy groups -OCH3 is 1. The van der Waals surface area contributed by atoms with Crippen LogP contribution in [-0.4, -0.2) is 30.9 Å². The van der Waals surface area contributed by atoms with Crippen molar-refractivity contribution < 1.29 is 4.74 Å². The summed E-state index contributed by atoms with van der Waals surface area (Å²) >= 11 is 3.34. The van der Waals surface area contributed by atoms with Gasteiger partial charge in [-0.25, -0.2) is 9.97 Å². The number of fused-ring (bicyclic) bond motifs is 1. The topological polar surface area (TPSA) is 65.7 Å². The van der Waals surface area contributed by atoms with E-state index in [2.05, 4.69) is 36.2 Å². The third kappa shape index (κ3) is 2.08. The van der Waals surface area contributed by atoms with E-state index in [0.29, 0.717) is 11.8 Å². The smallest absolute Gasteiger partial charge is 0.226 e. The van der Waals surface area contributed by atoms with Gasteiger partial charge in [0.05, 0.1) is 58.1 Å². The zero-order valence-corrected chi connectivity index (χ0v) is 12.9. The van der Waals surface area contributed by atoms with Crippen molar-refractivity contribution in [1.82, 2.24) is 23.8 Å². The lowest BCUT2D eigenvalue weighted by Crippen LogP contribution is -2.00. The van der Waals surface area contributed by atoms with Crippen LogP contribution in [-0.2, 0) is 0 Å². The van der Waals surface area contributed by atoms with Gasteiger partial charge in [0, 0.05) is 11.3 Å². The van der Waals surface area contributed by atoms with Gasteiger partial charge in [-0.1, -0.05) is 0 Å². The molecule has 0 spiro atoms. The third-order valence-electron chi connectivity index (χ3n) is 3.67. The molecule has 0 aliphatic heterocycles. The van der Waals surface area contributed by atoms with E-state index >= 15 is 0 Å². The van der Waals surface area contributed by atoms with Crippen LogP contribution in [0.15, 0.2) is 24.8 Å². The maximum atomic E-state index is 5.41. The Bertz CT molecular complexity index is 827. The lowest BCUT2D eigenvalue weighted by atomic mass is 10.1. The number of hydrogen-bond donors (Lipinski definition) is 0. The Morgan fingerprint density at radius 3 is 2.86 bits per heavy atom. The first-order valence-electron chi connectivity index (χ1n) is 6.67. The number of hydrogen-bond acceptors (Lipinski definition) is 5. The summed E-state index contributed by atoms with van der Waals surface area (Å²) in [6.45, 7) is 0. The predicted molar refractivity (Wildman–Crippen MR) is 81.4 cm³/mol. The average Bonchev–Trinajstić information content (AvgIpc) is 3.31. The zero-order valence-electron chi connectivity index (χ0n) is 11.3. The standard InChI is InChI=1S/C14H12BrN5O/c1-21-14-12(13(8-2-3-8)17-7-18-14)10-4-9-5-19-20(15)11(9)6-16-10/h4-8H,2-3H2,1H3. The zero-order chi connectivity index (χ0) is 14.4. The van der Waals surface area contributed by atoms with Crippen LogP contribution >= 0.6 is 16.1 Å². The molecular formula is C14H12BrN5O. The molecule has 0 atom stereocenters. The predicted octanol–water partition coefficient (Wildman–Crippen LogP) is 2.93. The molecule has 0 amide bonds. The average molecular weight is 346 g/mol. The Balaban J connectivity index is 1.94. The number of halogens is 1. The Kier molecular flexibility index (Phi) is 2.88. The van der Waals surface area contributed by atoms with Gasteiger partial charge >= 0.3 is 0 Å². The van der Waals surface area contributed by atoms with E-state index in [9.17, 15) is 0 Å². The van der Waals surface area contributed by atoms with Crippen molar-refractivity contribution >= 4 is 27.1 Å². The monoisotopic (exact) mass is 345 g/mol. The van der Waals surface area contributed by atoms with E-state index in [4.69, 9.17) is 4.74 Å². The summed E-state index contributed by atoms with van der Waals surface area (Å²) in [6, 6.07) is 1.99. The molecule has 3 aromatic rings. The van der Waals surface area contributed by atoms with Gasteiger partial charge in [-0.2, -0.15) is 8.81 Å². The van der Waals surface area contributed by atoms with Crippen molar-refractivity contribution in [2.45, 2.75) is 18.8 Å². The Hall–Kier alpha value is -2.02. The normalized spacial score (nSPS) is 14.6. The lowest BCUT2D eigenvalue weighted by Gasteiger charge is -2.11. The molecule has 0 radical (unpaired) electrons. The second-order valence-electron chi connectivity index (χ2n) is 5.05. The number of aromatic nitrogens is 5. The molecule has 1 aliphatic rings. The van der Waals surface area contributed by atoms with E-state index in [-0.39, 0.29) is 0 Å². The molecule has 0 bridgehead atoms. The van der Waals surface area contributed by atoms with Crippen molar-refractivity contribution in [1.29, 1.82) is 0 Å². The van der Waals surface area contributed by atoms with Crippen molar-refractivity contribution in [2.75, 3.05) is 7.11 Å². The number of nitrogens with zero attached hydrogens (tertiary/aromatic N) is 5. The fraction of sp³-hybridized carbons (Fsp3) is 0.286. The van der Waals surface area contributed by atoms with Gasteiger partial charge in [-0.05, 0) is 18.9 Å². The molecule has 4 rings (SSSR count). The summed E-state index contributed by atoms with van der Waals surface area (Å²) < 4.78 is 7.04. The van der Waals surface area contributed by atoms with Crippen LogP contribution in [0, 0.1) is 0 Å². The molecule has 0 saturated heterocycles. The Morgan fingerprint density at radius 2 is 2.10 bits per heavy atom. The highest BCUT2D eigenvalue weighted by atomic mass is 79.9. The number of pyridine rings is 1. The van der Waals surface area contributed by atoms with Crippen LogP contribution in [0.2, 0.25) is 0 Å². The van der Waals surface area contributed by atoms with E-state index in [1.807, 2.05) is 6.07 Å². The van der Waals surface area contributed by atoms with Crippen LogP contribution in [0.3, 0.4) is 0 Å². The van der Waals surface area contributed by atoms with Gasteiger partial charge < -0.3 is 4.74 Å². The molecule has 1 saturated carbocycles. The molecule has 6 nitrogen and oxygen atoms in total. The van der Waals surface area contributed by atoms with Crippen LogP contribution in [0.25, 0.3) is 22.2 Å². The molecule has 1 fully saturated rings. The molecule has 0 aromatic carbocycles. The number of ether oxygens (including phenoxy) is 1. The van der Waals surface area contributed by atoms with E-state index in [0.717, 1.165) is 40.7 Å². The summed E-state index contributed by atoms with van der Waals surface area (Å²) in [7, 11) is 1.62. The molecule has 3 aromatic heterocycles. The maximum Gasteiger partial charge on any atom is 0.226 e. The Labute approximate surface area is 129 Å². The summed E-state index contributed by atoms with van der Waals surface area (Å²) in [5, 5.41) is 5.18. The maximum absolute atomic E-state index is 5.41. The minimum absolute atomic E-state index is 0.494. The van der Waals surface area contributed by atoms with Crippen LogP contribution in [0.1, 0.15) is 24.5 Å². The fourth-order valence-electron chi connectivity index (χ4n) is 2.48. The molecule has 0 unspecified atom stereocenters. The highest BCUT2D eigenvalue weighted by Gasteiger charge is 2.30. The van der Waals surface area contributed by atoms with Crippen molar-refractivity contribution in [3.63, 3.8) is 0 Å². The Morgan fingerprint density at radius 1 is 1.24 bits per heavy atom. The second kappa shape index (κ2) is 4.77. The van der Waals surface area contributed by atoms with Gasteiger partial charge in [0.1, 0.15) is 6.33 Å². The fourth-order valence-corrected chi connectivity index (χ4v) is 2.87. The van der Waals surface area contributed by atoms with Gasteiger partial charge in [0.2, 0.25) is 5.88 Å². The van der Waals surface area contributed by atoms with Crippen LogP contribution in [0.5, 0.6) is 5.88 Å². The second-order valence-corrected chi connectivity index (χ2v) is 5.72. The van der Waals surface area contributed by atoms with Crippen molar-refractivity contribution in [3.8, 4) is 17.1 Å². The summed E-state index contributed by atoms with van der Waals surface area (Å²) in [5.41, 5.74) is 3.66.